The number of carbonyl (C=O) groups excluding carboxylic acids is 2. The summed E-state index contributed by atoms with van der Waals surface area (Å²) >= 11 is 0. The van der Waals surface area contributed by atoms with Crippen LogP contribution in [0.3, 0.4) is 0 Å². The van der Waals surface area contributed by atoms with Gasteiger partial charge in [-0.15, -0.1) is 0 Å². The minimum absolute atomic E-state index is 0.0986. The first-order chi connectivity index (χ1) is 14.5. The lowest BCUT2D eigenvalue weighted by Gasteiger charge is -2.31. The Hall–Kier alpha value is -3.09. The second-order valence-electron chi connectivity index (χ2n) is 7.09. The number of nitrogens with zero attached hydrogens (tertiary/aromatic N) is 1. The molecule has 0 radical (unpaired) electrons. The molecule has 160 valence electrons. The first-order valence-electron chi connectivity index (χ1n) is 10.3. The third-order valence-electron chi connectivity index (χ3n) is 5.06. The smallest absolute Gasteiger partial charge is 0.253 e. The van der Waals surface area contributed by atoms with Crippen LogP contribution in [0.1, 0.15) is 37.0 Å². The Bertz CT molecular complexity index is 877. The van der Waals surface area contributed by atoms with Gasteiger partial charge in [-0.2, -0.15) is 0 Å². The lowest BCUT2D eigenvalue weighted by molar-refractivity contribution is -0.121. The van der Waals surface area contributed by atoms with Gasteiger partial charge in [0.05, 0.1) is 18.9 Å². The Kier molecular flexibility index (Phi) is 7.27. The maximum Gasteiger partial charge on any atom is 0.253 e. The van der Waals surface area contributed by atoms with Crippen LogP contribution in [0.25, 0.3) is 0 Å². The molecular weight excluding hydrogens is 387 g/mol. The zero-order chi connectivity index (χ0) is 21.5. The maximum atomic E-state index is 13.1. The highest BCUT2D eigenvalue weighted by atomic mass is 19.1. The fraction of sp³-hybridized carbons (Fsp3) is 0.391. The Morgan fingerprint density at radius 1 is 1.03 bits per heavy atom. The van der Waals surface area contributed by atoms with Gasteiger partial charge in [-0.05, 0) is 63.1 Å². The van der Waals surface area contributed by atoms with Crippen LogP contribution in [0.15, 0.2) is 42.5 Å². The summed E-state index contributed by atoms with van der Waals surface area (Å²) < 4.78 is 24.2. The van der Waals surface area contributed by atoms with Crippen molar-refractivity contribution in [1.29, 1.82) is 0 Å². The van der Waals surface area contributed by atoms with Gasteiger partial charge in [0.15, 0.2) is 0 Å². The van der Waals surface area contributed by atoms with E-state index in [2.05, 4.69) is 5.32 Å². The summed E-state index contributed by atoms with van der Waals surface area (Å²) in [7, 11) is 0. The third-order valence-corrected chi connectivity index (χ3v) is 5.06. The number of piperidine rings is 1. The summed E-state index contributed by atoms with van der Waals surface area (Å²) in [6.07, 6.45) is 1.13. The van der Waals surface area contributed by atoms with Crippen LogP contribution in [0.2, 0.25) is 0 Å². The molecule has 7 heteroatoms. The van der Waals surface area contributed by atoms with Gasteiger partial charge in [0, 0.05) is 30.6 Å². The second kappa shape index (κ2) is 10.1. The number of anilines is 1. The van der Waals surface area contributed by atoms with Crippen molar-refractivity contribution >= 4 is 17.5 Å². The van der Waals surface area contributed by atoms with E-state index >= 15 is 0 Å². The predicted molar refractivity (Wildman–Crippen MR) is 112 cm³/mol. The molecule has 0 saturated carbocycles. The van der Waals surface area contributed by atoms with E-state index in [1.165, 1.54) is 24.3 Å². The third kappa shape index (κ3) is 5.28. The molecule has 2 amide bonds. The molecule has 1 aliphatic heterocycles. The number of ether oxygens (including phenoxy) is 2. The highest BCUT2D eigenvalue weighted by Gasteiger charge is 2.28. The molecule has 0 aliphatic carbocycles. The molecule has 1 saturated heterocycles. The molecule has 6 nitrogen and oxygen atoms in total. The summed E-state index contributed by atoms with van der Waals surface area (Å²) in [5, 5.41) is 2.96. The molecular formula is C23H27FN2O4. The summed E-state index contributed by atoms with van der Waals surface area (Å²) in [4.78, 5) is 27.1. The van der Waals surface area contributed by atoms with Crippen LogP contribution < -0.4 is 14.8 Å². The minimum Gasteiger partial charge on any atom is -0.494 e. The Balaban J connectivity index is 1.60. The minimum atomic E-state index is -0.373. The molecule has 0 spiro atoms. The van der Waals surface area contributed by atoms with Gasteiger partial charge in [-0.1, -0.05) is 0 Å². The van der Waals surface area contributed by atoms with Gasteiger partial charge in [0.1, 0.15) is 17.3 Å². The zero-order valence-electron chi connectivity index (χ0n) is 17.3. The molecule has 1 heterocycles. The number of amides is 2. The second-order valence-corrected chi connectivity index (χ2v) is 7.09. The molecule has 2 aromatic carbocycles. The highest BCUT2D eigenvalue weighted by Crippen LogP contribution is 2.31. The number of halogens is 1. The highest BCUT2D eigenvalue weighted by molar-refractivity contribution is 5.96. The van der Waals surface area contributed by atoms with Crippen LogP contribution in [0.4, 0.5) is 10.1 Å². The molecule has 1 N–H and O–H groups in total. The number of likely N-dealkylation sites (tertiary alicyclic amines) is 1. The number of hydrogen-bond acceptors (Lipinski definition) is 4. The van der Waals surface area contributed by atoms with Gasteiger partial charge in [-0.3, -0.25) is 9.59 Å². The Morgan fingerprint density at radius 3 is 2.33 bits per heavy atom. The topological polar surface area (TPSA) is 67.9 Å². The van der Waals surface area contributed by atoms with Crippen molar-refractivity contribution in [2.24, 2.45) is 5.92 Å². The van der Waals surface area contributed by atoms with Gasteiger partial charge in [-0.25, -0.2) is 4.39 Å². The van der Waals surface area contributed by atoms with Crippen LogP contribution in [0, 0.1) is 11.7 Å². The number of carbonyl (C=O) groups is 2. The monoisotopic (exact) mass is 414 g/mol. The van der Waals surface area contributed by atoms with Crippen LogP contribution >= 0.6 is 0 Å². The molecule has 0 unspecified atom stereocenters. The van der Waals surface area contributed by atoms with Crippen molar-refractivity contribution in [3.8, 4) is 11.5 Å². The number of hydrogen-bond donors (Lipinski definition) is 1. The molecule has 1 aliphatic rings. The van der Waals surface area contributed by atoms with E-state index in [9.17, 15) is 14.0 Å². The van der Waals surface area contributed by atoms with Crippen LogP contribution in [-0.2, 0) is 4.79 Å². The first-order valence-corrected chi connectivity index (χ1v) is 10.3. The van der Waals surface area contributed by atoms with Crippen molar-refractivity contribution in [3.63, 3.8) is 0 Å². The van der Waals surface area contributed by atoms with Gasteiger partial charge >= 0.3 is 0 Å². The van der Waals surface area contributed by atoms with E-state index in [1.807, 2.05) is 19.9 Å². The molecule has 1 fully saturated rings. The normalized spacial score (nSPS) is 14.3. The van der Waals surface area contributed by atoms with Gasteiger partial charge < -0.3 is 19.7 Å². The van der Waals surface area contributed by atoms with Crippen LogP contribution in [0.5, 0.6) is 11.5 Å². The summed E-state index contributed by atoms with van der Waals surface area (Å²) in [6, 6.07) is 10.9. The van der Waals surface area contributed by atoms with E-state index in [-0.39, 0.29) is 23.5 Å². The SMILES string of the molecule is CCOc1ccc(OCC)c(NC(=O)C2CCN(C(=O)c3ccc(F)cc3)CC2)c1. The van der Waals surface area contributed by atoms with Gasteiger partial charge in [0.2, 0.25) is 5.91 Å². The van der Waals surface area contributed by atoms with Gasteiger partial charge in [0.25, 0.3) is 5.91 Å². The molecule has 2 aromatic rings. The molecule has 0 aromatic heterocycles. The van der Waals surface area contributed by atoms with E-state index in [4.69, 9.17) is 9.47 Å². The molecule has 0 atom stereocenters. The van der Waals surface area contributed by atoms with E-state index in [0.29, 0.717) is 61.9 Å². The standard InChI is InChI=1S/C23H27FN2O4/c1-3-29-19-9-10-21(30-4-2)20(15-19)25-22(27)16-11-13-26(14-12-16)23(28)17-5-7-18(24)8-6-17/h5-10,15-16H,3-4,11-14H2,1-2H3,(H,25,27). The largest absolute Gasteiger partial charge is 0.494 e. The molecule has 30 heavy (non-hydrogen) atoms. The molecule has 3 rings (SSSR count). The molecule has 0 bridgehead atoms. The van der Waals surface area contributed by atoms with E-state index in [0.717, 1.165) is 0 Å². The number of nitrogens with one attached hydrogen (secondary N) is 1. The number of benzene rings is 2. The van der Waals surface area contributed by atoms with Crippen molar-refractivity contribution < 1.29 is 23.5 Å². The summed E-state index contributed by atoms with van der Waals surface area (Å²) in [5.74, 6) is 0.443. The fourth-order valence-electron chi connectivity index (χ4n) is 3.50. The van der Waals surface area contributed by atoms with E-state index < -0.39 is 0 Å². The summed E-state index contributed by atoms with van der Waals surface area (Å²) in [5.41, 5.74) is 1.03. The predicted octanol–water partition coefficient (Wildman–Crippen LogP) is 4.11. The maximum absolute atomic E-state index is 13.1. The first kappa shape index (κ1) is 21.6. The Labute approximate surface area is 176 Å². The zero-order valence-corrected chi connectivity index (χ0v) is 17.3. The number of rotatable bonds is 7. The van der Waals surface area contributed by atoms with Crippen molar-refractivity contribution in [2.75, 3.05) is 31.6 Å². The van der Waals surface area contributed by atoms with E-state index in [1.54, 1.807) is 17.0 Å². The van der Waals surface area contributed by atoms with Crippen molar-refractivity contribution in [1.82, 2.24) is 4.90 Å². The Morgan fingerprint density at radius 2 is 1.70 bits per heavy atom. The van der Waals surface area contributed by atoms with Crippen molar-refractivity contribution in [3.05, 3.63) is 53.8 Å². The fourth-order valence-corrected chi connectivity index (χ4v) is 3.50. The lowest BCUT2D eigenvalue weighted by atomic mass is 9.95. The van der Waals surface area contributed by atoms with Crippen molar-refractivity contribution in [2.45, 2.75) is 26.7 Å². The summed E-state index contributed by atoms with van der Waals surface area (Å²) in [6.45, 7) is 5.76. The van der Waals surface area contributed by atoms with Crippen LogP contribution in [-0.4, -0.2) is 43.0 Å². The average Bonchev–Trinajstić information content (AvgIpc) is 2.76. The quantitative estimate of drug-likeness (QED) is 0.740. The lowest BCUT2D eigenvalue weighted by Crippen LogP contribution is -2.41. The average molecular weight is 414 g/mol.